The number of anilines is 3. The second-order valence-corrected chi connectivity index (χ2v) is 22.9. The van der Waals surface area contributed by atoms with Gasteiger partial charge in [-0.05, 0) is 204 Å². The summed E-state index contributed by atoms with van der Waals surface area (Å²) in [4.78, 5) is 2.13. The Morgan fingerprint density at radius 1 is 0.286 bits per heavy atom. The minimum Gasteiger partial charge on any atom is -0.457 e. The van der Waals surface area contributed by atoms with Crippen molar-refractivity contribution in [2.75, 3.05) is 4.90 Å². The zero-order valence-corrected chi connectivity index (χ0v) is 49.1. The zero-order chi connectivity index (χ0) is 61.8. The summed E-state index contributed by atoms with van der Waals surface area (Å²) >= 11 is 0. The van der Waals surface area contributed by atoms with Crippen LogP contribution in [0.15, 0.2) is 310 Å². The normalized spacial score (nSPS) is 15.0. The summed E-state index contributed by atoms with van der Waals surface area (Å²) in [5.74, 6) is -0.562. The van der Waals surface area contributed by atoms with E-state index in [1.807, 2.05) is 212 Å². The molecule has 2 unspecified atom stereocenters. The predicted molar refractivity (Wildman–Crippen MR) is 360 cm³/mol. The number of halogens is 4. The quantitative estimate of drug-likeness (QED) is 0.0955. The summed E-state index contributed by atoms with van der Waals surface area (Å²) < 4.78 is 82.5. The highest BCUT2D eigenvalue weighted by atomic mass is 19.1. The van der Waals surface area contributed by atoms with Crippen LogP contribution < -0.4 is 14.4 Å². The van der Waals surface area contributed by atoms with Crippen LogP contribution in [0.4, 0.5) is 34.6 Å². The first-order valence-electron chi connectivity index (χ1n) is 30.1. The third-order valence-corrected chi connectivity index (χ3v) is 17.9. The lowest BCUT2D eigenvalue weighted by Gasteiger charge is -2.36. The molecule has 2 atom stereocenters. The molecule has 0 heterocycles. The summed E-state index contributed by atoms with van der Waals surface area (Å²) in [5, 5.41) is 0. The first-order chi connectivity index (χ1) is 44.6. The Hall–Kier alpha value is -11.5. The minimum absolute atomic E-state index is 0.132. The molecular weight excluding hydrogens is 1130 g/mol. The Bertz CT molecular complexity index is 4670. The Morgan fingerprint density at radius 2 is 0.626 bits per heavy atom. The zero-order valence-electron chi connectivity index (χ0n) is 49.1. The van der Waals surface area contributed by atoms with E-state index in [1.165, 1.54) is 36.4 Å². The molecule has 0 spiro atoms. The lowest BCUT2D eigenvalue weighted by Crippen LogP contribution is -2.31. The minimum atomic E-state index is -1.56. The van der Waals surface area contributed by atoms with E-state index in [2.05, 4.69) is 66.6 Å². The highest BCUT2D eigenvalue weighted by Crippen LogP contribution is 2.61. The van der Waals surface area contributed by atoms with Gasteiger partial charge in [0.25, 0.3) is 0 Å². The maximum Gasteiger partial charge on any atom is 0.130 e. The van der Waals surface area contributed by atoms with E-state index in [4.69, 9.17) is 9.47 Å². The summed E-state index contributed by atoms with van der Waals surface area (Å²) in [5.41, 5.74) is 11.6. The Balaban J connectivity index is 0.964. The van der Waals surface area contributed by atoms with Crippen molar-refractivity contribution < 1.29 is 27.0 Å². The number of fused-ring (bicyclic) bond motifs is 6. The van der Waals surface area contributed by atoms with Crippen LogP contribution in [0.2, 0.25) is 0 Å². The van der Waals surface area contributed by atoms with E-state index in [1.54, 1.807) is 12.2 Å². The Labute approximate surface area is 526 Å². The van der Waals surface area contributed by atoms with Crippen molar-refractivity contribution in [3.8, 4) is 67.5 Å². The van der Waals surface area contributed by atoms with Crippen LogP contribution in [-0.4, -0.2) is 0 Å². The van der Waals surface area contributed by atoms with Crippen LogP contribution in [0.1, 0.15) is 55.6 Å². The van der Waals surface area contributed by atoms with Gasteiger partial charge >= 0.3 is 0 Å². The van der Waals surface area contributed by atoms with E-state index in [9.17, 15) is 0 Å². The number of hydrogen-bond acceptors (Lipinski definition) is 3. The van der Waals surface area contributed by atoms with Gasteiger partial charge in [0.05, 0.1) is 10.8 Å². The molecule has 7 heteroatoms. The van der Waals surface area contributed by atoms with Crippen molar-refractivity contribution in [1.29, 1.82) is 0 Å². The molecule has 2 aliphatic carbocycles. The Morgan fingerprint density at radius 3 is 1.07 bits per heavy atom. The molecular formula is C84H55F4NO2. The number of ether oxygens (including phenoxy) is 2. The van der Waals surface area contributed by atoms with E-state index >= 15 is 17.6 Å². The second-order valence-electron chi connectivity index (χ2n) is 22.9. The fourth-order valence-corrected chi connectivity index (χ4v) is 13.9. The maximum absolute atomic E-state index is 17.4. The van der Waals surface area contributed by atoms with Gasteiger partial charge in [-0.15, -0.1) is 0 Å². The van der Waals surface area contributed by atoms with Gasteiger partial charge in [-0.3, -0.25) is 0 Å². The van der Waals surface area contributed by atoms with Crippen molar-refractivity contribution in [2.45, 2.75) is 10.8 Å². The van der Waals surface area contributed by atoms with Crippen molar-refractivity contribution in [2.24, 2.45) is 0 Å². The molecule has 0 fully saturated rings. The molecule has 0 aromatic heterocycles. The average molecular weight is 1190 g/mol. The molecule has 0 aliphatic heterocycles. The largest absolute Gasteiger partial charge is 0.457 e. The van der Waals surface area contributed by atoms with Crippen molar-refractivity contribution in [3.63, 3.8) is 0 Å². The SMILES string of the molecule is C=Cc1ccc(Oc2ccc(C3(c4c(F)cccc4F)c4ccccc4-c4ccc(N(c5cccc(-c6cccc(-c7ccccc7)c6)c5)c5ccc6c(c5)C(c5ccc(Oc7ccc(C=C)cc7)cc5)(c5c(F)cccc5F)c5ccccc5-6)cc43)cc2)cc1. The highest BCUT2D eigenvalue weighted by Gasteiger charge is 2.51. The van der Waals surface area contributed by atoms with Crippen LogP contribution in [0.25, 0.3) is 56.7 Å². The molecule has 15 rings (SSSR count). The van der Waals surface area contributed by atoms with Gasteiger partial charge in [0.15, 0.2) is 0 Å². The van der Waals surface area contributed by atoms with Gasteiger partial charge < -0.3 is 14.4 Å². The van der Waals surface area contributed by atoms with E-state index in [0.717, 1.165) is 61.3 Å². The highest BCUT2D eigenvalue weighted by molar-refractivity contribution is 5.93. The fraction of sp³-hybridized carbons (Fsp3) is 0.0238. The lowest BCUT2D eigenvalue weighted by molar-refractivity contribution is 0.481. The van der Waals surface area contributed by atoms with Crippen LogP contribution in [0, 0.1) is 23.3 Å². The van der Waals surface area contributed by atoms with Crippen molar-refractivity contribution in [3.05, 3.63) is 389 Å². The number of benzene rings is 13. The van der Waals surface area contributed by atoms with Gasteiger partial charge in [0, 0.05) is 28.2 Å². The van der Waals surface area contributed by atoms with Gasteiger partial charge in [-0.25, -0.2) is 17.6 Å². The summed E-state index contributed by atoms with van der Waals surface area (Å²) in [6.07, 6.45) is 3.53. The summed E-state index contributed by atoms with van der Waals surface area (Å²) in [6.45, 7) is 7.76. The predicted octanol–water partition coefficient (Wildman–Crippen LogP) is 22.6. The second kappa shape index (κ2) is 22.9. The number of rotatable bonds is 15. The molecule has 13 aromatic carbocycles. The fourth-order valence-electron chi connectivity index (χ4n) is 13.9. The standard InChI is InChI=1S/C84H55F4NO2/c1-3-54-30-40-65(41-31-54)90-67-44-34-60(35-45-67)83(81-77(85)26-14-27-78(81)86)73-24-10-8-22-69(73)71-48-38-63(52-75(71)83)89(62-21-13-20-59(51-62)58-19-12-18-57(50-58)56-16-6-5-7-17-56)64-39-49-72-70-23-9-11-25-74(70)84(76(72)53-64,82-79(87)28-15-29-80(82)88)61-36-46-68(47-37-61)91-66-42-32-55(4-2)33-43-66/h3-53H,1-2H2. The average Bonchev–Trinajstić information content (AvgIpc) is 1.57. The van der Waals surface area contributed by atoms with E-state index in [0.29, 0.717) is 67.8 Å². The molecule has 436 valence electrons. The Kier molecular flexibility index (Phi) is 14.1. The smallest absolute Gasteiger partial charge is 0.130 e. The topological polar surface area (TPSA) is 21.7 Å². The monoisotopic (exact) mass is 1190 g/mol. The van der Waals surface area contributed by atoms with Crippen LogP contribution >= 0.6 is 0 Å². The van der Waals surface area contributed by atoms with Gasteiger partial charge in [-0.1, -0.05) is 207 Å². The summed E-state index contributed by atoms with van der Waals surface area (Å²) in [6, 6.07) is 92.9. The van der Waals surface area contributed by atoms with Crippen LogP contribution in [0.3, 0.4) is 0 Å². The molecule has 91 heavy (non-hydrogen) atoms. The van der Waals surface area contributed by atoms with Gasteiger partial charge in [-0.2, -0.15) is 0 Å². The van der Waals surface area contributed by atoms with Crippen molar-refractivity contribution in [1.82, 2.24) is 0 Å². The summed E-state index contributed by atoms with van der Waals surface area (Å²) in [7, 11) is 0. The van der Waals surface area contributed by atoms with Crippen LogP contribution in [0.5, 0.6) is 23.0 Å². The molecule has 0 saturated carbocycles. The number of nitrogens with zero attached hydrogens (tertiary/aromatic N) is 1. The first-order valence-corrected chi connectivity index (χ1v) is 30.1. The molecule has 0 bridgehead atoms. The molecule has 3 nitrogen and oxygen atoms in total. The maximum atomic E-state index is 17.4. The molecule has 0 N–H and O–H groups in total. The van der Waals surface area contributed by atoms with E-state index in [-0.39, 0.29) is 11.1 Å². The third kappa shape index (κ3) is 9.44. The number of hydrogen-bond donors (Lipinski definition) is 0. The van der Waals surface area contributed by atoms with E-state index < -0.39 is 34.1 Å². The van der Waals surface area contributed by atoms with Gasteiger partial charge in [0.2, 0.25) is 0 Å². The molecule has 0 amide bonds. The third-order valence-electron chi connectivity index (χ3n) is 17.9. The lowest BCUT2D eigenvalue weighted by atomic mass is 9.67. The van der Waals surface area contributed by atoms with Gasteiger partial charge in [0.1, 0.15) is 46.3 Å². The molecule has 0 radical (unpaired) electrons. The molecule has 0 saturated heterocycles. The molecule has 2 aliphatic rings. The first kappa shape index (κ1) is 56.0. The van der Waals surface area contributed by atoms with Crippen molar-refractivity contribution >= 4 is 29.2 Å². The van der Waals surface area contributed by atoms with Crippen LogP contribution in [-0.2, 0) is 10.8 Å². The molecule has 13 aromatic rings.